The van der Waals surface area contributed by atoms with Crippen molar-refractivity contribution in [2.24, 2.45) is 11.7 Å². The van der Waals surface area contributed by atoms with Crippen molar-refractivity contribution in [3.63, 3.8) is 0 Å². The Morgan fingerprint density at radius 2 is 2.00 bits per heavy atom. The minimum Gasteiger partial charge on any atom is -0.469 e. The number of aliphatic hydroxyl groups excluding tert-OH is 1. The van der Waals surface area contributed by atoms with Gasteiger partial charge in [-0.1, -0.05) is 30.3 Å². The average molecular weight is 274 g/mol. The highest BCUT2D eigenvalue weighted by atomic mass is 35.5. The lowest BCUT2D eigenvalue weighted by Gasteiger charge is -2.17. The Labute approximate surface area is 114 Å². The number of halogens is 1. The lowest BCUT2D eigenvalue weighted by atomic mass is 9.96. The van der Waals surface area contributed by atoms with Crippen molar-refractivity contribution in [2.45, 2.75) is 18.9 Å². The molecule has 0 aliphatic heterocycles. The highest BCUT2D eigenvalue weighted by Gasteiger charge is 2.21. The minimum absolute atomic E-state index is 0. The van der Waals surface area contributed by atoms with Crippen LogP contribution in [0.1, 0.15) is 12.0 Å². The van der Waals surface area contributed by atoms with Gasteiger partial charge in [0.15, 0.2) is 0 Å². The summed E-state index contributed by atoms with van der Waals surface area (Å²) in [6.45, 7) is -0.227. The molecule has 1 aromatic rings. The van der Waals surface area contributed by atoms with Crippen LogP contribution in [0.4, 0.5) is 0 Å². The number of rotatable bonds is 6. The largest absolute Gasteiger partial charge is 0.469 e. The van der Waals surface area contributed by atoms with E-state index in [0.29, 0.717) is 12.8 Å². The number of benzene rings is 1. The summed E-state index contributed by atoms with van der Waals surface area (Å²) in [6, 6.07) is 9.67. The van der Waals surface area contributed by atoms with Crippen LogP contribution in [0.25, 0.3) is 0 Å². The molecule has 0 aliphatic rings. The first-order valence-electron chi connectivity index (χ1n) is 5.65. The van der Waals surface area contributed by atoms with E-state index in [1.54, 1.807) is 0 Å². The summed E-state index contributed by atoms with van der Waals surface area (Å²) in [7, 11) is 1.31. The van der Waals surface area contributed by atoms with Crippen LogP contribution in [0, 0.1) is 5.92 Å². The van der Waals surface area contributed by atoms with E-state index in [0.717, 1.165) is 5.56 Å². The van der Waals surface area contributed by atoms with Crippen LogP contribution in [0.3, 0.4) is 0 Å². The van der Waals surface area contributed by atoms with Gasteiger partial charge in [-0.15, -0.1) is 12.4 Å². The molecule has 2 atom stereocenters. The summed E-state index contributed by atoms with van der Waals surface area (Å²) >= 11 is 0. The molecule has 0 aromatic heterocycles. The Morgan fingerprint density at radius 3 is 2.50 bits per heavy atom. The first-order valence-corrected chi connectivity index (χ1v) is 5.65. The normalized spacial score (nSPS) is 13.3. The maximum atomic E-state index is 11.3. The van der Waals surface area contributed by atoms with Crippen molar-refractivity contribution in [3.8, 4) is 0 Å². The van der Waals surface area contributed by atoms with Gasteiger partial charge in [-0.3, -0.25) is 4.79 Å². The van der Waals surface area contributed by atoms with Crippen molar-refractivity contribution in [2.75, 3.05) is 13.7 Å². The quantitative estimate of drug-likeness (QED) is 0.763. The molecular weight excluding hydrogens is 254 g/mol. The number of methoxy groups -OCH3 is 1. The molecule has 18 heavy (non-hydrogen) atoms. The molecular formula is C13H20ClNO3. The highest BCUT2D eigenvalue weighted by Crippen LogP contribution is 2.11. The van der Waals surface area contributed by atoms with Gasteiger partial charge >= 0.3 is 5.97 Å². The Bertz CT molecular complexity index is 345. The van der Waals surface area contributed by atoms with Gasteiger partial charge in [-0.25, -0.2) is 0 Å². The fraction of sp³-hybridized carbons (Fsp3) is 0.462. The van der Waals surface area contributed by atoms with Crippen molar-refractivity contribution < 1.29 is 14.6 Å². The molecule has 0 spiro atoms. The standard InChI is InChI=1S/C13H19NO3.ClH/c1-17-13(16)11(9-15)8-12(14)7-10-5-3-2-4-6-10;/h2-6,11-12,15H,7-9,14H2,1H3;1H/t11-,12+;/m1./s1. The minimum atomic E-state index is -0.529. The van der Waals surface area contributed by atoms with E-state index < -0.39 is 11.9 Å². The summed E-state index contributed by atoms with van der Waals surface area (Å²) in [5, 5.41) is 9.09. The molecule has 0 aliphatic carbocycles. The van der Waals surface area contributed by atoms with Crippen molar-refractivity contribution in [1.29, 1.82) is 0 Å². The SMILES string of the molecule is COC(=O)[C@@H](CO)C[C@@H](N)Cc1ccccc1.Cl. The molecule has 0 saturated heterocycles. The number of ether oxygens (including phenoxy) is 1. The molecule has 0 heterocycles. The molecule has 1 aromatic carbocycles. The average Bonchev–Trinajstić information content (AvgIpc) is 2.36. The van der Waals surface area contributed by atoms with Gasteiger partial charge in [0.25, 0.3) is 0 Å². The van der Waals surface area contributed by atoms with Gasteiger partial charge in [-0.2, -0.15) is 0 Å². The van der Waals surface area contributed by atoms with Crippen LogP contribution in [-0.2, 0) is 16.0 Å². The van der Waals surface area contributed by atoms with Crippen LogP contribution in [0.5, 0.6) is 0 Å². The smallest absolute Gasteiger partial charge is 0.311 e. The van der Waals surface area contributed by atoms with E-state index in [4.69, 9.17) is 10.8 Å². The maximum Gasteiger partial charge on any atom is 0.311 e. The van der Waals surface area contributed by atoms with E-state index in [-0.39, 0.29) is 25.1 Å². The molecule has 0 fully saturated rings. The zero-order valence-electron chi connectivity index (χ0n) is 10.4. The van der Waals surface area contributed by atoms with Crippen LogP contribution in [-0.4, -0.2) is 30.8 Å². The molecule has 0 unspecified atom stereocenters. The van der Waals surface area contributed by atoms with Gasteiger partial charge in [0.2, 0.25) is 0 Å². The summed E-state index contributed by atoms with van der Waals surface area (Å²) in [4.78, 5) is 11.3. The molecule has 4 nitrogen and oxygen atoms in total. The third-order valence-corrected chi connectivity index (χ3v) is 2.68. The Balaban J connectivity index is 0.00000289. The number of hydrogen-bond donors (Lipinski definition) is 2. The molecule has 0 radical (unpaired) electrons. The highest BCUT2D eigenvalue weighted by molar-refractivity contribution is 5.85. The third-order valence-electron chi connectivity index (χ3n) is 2.68. The number of hydrogen-bond acceptors (Lipinski definition) is 4. The molecule has 0 saturated carbocycles. The second-order valence-corrected chi connectivity index (χ2v) is 4.09. The number of esters is 1. The summed E-state index contributed by atoms with van der Waals surface area (Å²) < 4.78 is 4.60. The number of nitrogens with two attached hydrogens (primary N) is 1. The van der Waals surface area contributed by atoms with E-state index in [2.05, 4.69) is 4.74 Å². The van der Waals surface area contributed by atoms with Gasteiger partial charge in [0.1, 0.15) is 0 Å². The second-order valence-electron chi connectivity index (χ2n) is 4.09. The Hall–Kier alpha value is -1.10. The fourth-order valence-corrected chi connectivity index (χ4v) is 1.78. The molecule has 102 valence electrons. The van der Waals surface area contributed by atoms with Gasteiger partial charge < -0.3 is 15.6 Å². The zero-order valence-corrected chi connectivity index (χ0v) is 11.2. The first-order chi connectivity index (χ1) is 8.17. The lowest BCUT2D eigenvalue weighted by molar-refractivity contribution is -0.147. The molecule has 0 bridgehead atoms. The summed E-state index contributed by atoms with van der Waals surface area (Å²) in [5.41, 5.74) is 7.08. The monoisotopic (exact) mass is 273 g/mol. The van der Waals surface area contributed by atoms with Crippen LogP contribution < -0.4 is 5.73 Å². The number of carbonyl (C=O) groups excluding carboxylic acids is 1. The summed E-state index contributed by atoms with van der Waals surface area (Å²) in [5.74, 6) is -0.935. The number of carbonyl (C=O) groups is 1. The van der Waals surface area contributed by atoms with Gasteiger partial charge in [-0.05, 0) is 18.4 Å². The number of aliphatic hydroxyl groups is 1. The summed E-state index contributed by atoms with van der Waals surface area (Å²) in [6.07, 6.45) is 1.12. The zero-order chi connectivity index (χ0) is 12.7. The van der Waals surface area contributed by atoms with Gasteiger partial charge in [0.05, 0.1) is 19.6 Å². The second kappa shape index (κ2) is 8.91. The van der Waals surface area contributed by atoms with Crippen molar-refractivity contribution in [3.05, 3.63) is 35.9 Å². The predicted octanol–water partition coefficient (Wildman–Crippen LogP) is 1.15. The lowest BCUT2D eigenvalue weighted by Crippen LogP contribution is -2.31. The van der Waals surface area contributed by atoms with Crippen LogP contribution in [0.2, 0.25) is 0 Å². The van der Waals surface area contributed by atoms with E-state index in [1.807, 2.05) is 30.3 Å². The Kier molecular flexibility index (Phi) is 8.37. The Morgan fingerprint density at radius 1 is 1.39 bits per heavy atom. The third kappa shape index (κ3) is 5.49. The molecule has 1 rings (SSSR count). The van der Waals surface area contributed by atoms with E-state index in [1.165, 1.54) is 7.11 Å². The van der Waals surface area contributed by atoms with Crippen LogP contribution >= 0.6 is 12.4 Å². The maximum absolute atomic E-state index is 11.3. The van der Waals surface area contributed by atoms with E-state index in [9.17, 15) is 4.79 Å². The molecule has 5 heteroatoms. The van der Waals surface area contributed by atoms with Crippen molar-refractivity contribution in [1.82, 2.24) is 0 Å². The van der Waals surface area contributed by atoms with Crippen molar-refractivity contribution >= 4 is 18.4 Å². The fourth-order valence-electron chi connectivity index (χ4n) is 1.78. The van der Waals surface area contributed by atoms with Crippen LogP contribution in [0.15, 0.2) is 30.3 Å². The molecule has 3 N–H and O–H groups in total. The predicted molar refractivity (Wildman–Crippen MR) is 72.6 cm³/mol. The topological polar surface area (TPSA) is 72.5 Å². The first kappa shape index (κ1) is 16.9. The molecule has 0 amide bonds. The van der Waals surface area contributed by atoms with Gasteiger partial charge in [0, 0.05) is 6.04 Å². The van der Waals surface area contributed by atoms with E-state index >= 15 is 0 Å².